The number of rotatable bonds is 7. The Balaban J connectivity index is 1.29. The Labute approximate surface area is 253 Å². The summed E-state index contributed by atoms with van der Waals surface area (Å²) in [7, 11) is -3.87. The van der Waals surface area contributed by atoms with Crippen LogP contribution >= 0.6 is 0 Å². The molecule has 0 radical (unpaired) electrons. The van der Waals surface area contributed by atoms with Crippen LogP contribution in [0.5, 0.6) is 5.75 Å². The molecule has 44 heavy (non-hydrogen) atoms. The molecule has 2 N–H and O–H groups in total. The first kappa shape index (κ1) is 31.7. The number of hydrogen-bond donors (Lipinski definition) is 2. The predicted octanol–water partition coefficient (Wildman–Crippen LogP) is 3.65. The zero-order valence-corrected chi connectivity index (χ0v) is 25.2. The van der Waals surface area contributed by atoms with Crippen molar-refractivity contribution in [1.82, 2.24) is 9.62 Å². The van der Waals surface area contributed by atoms with Gasteiger partial charge in [0.25, 0.3) is 5.91 Å². The Kier molecular flexibility index (Phi) is 8.37. The number of sulfonamides is 1. The Bertz CT molecular complexity index is 1620. The number of ether oxygens (including phenoxy) is 1. The highest BCUT2D eigenvalue weighted by molar-refractivity contribution is 7.92. The van der Waals surface area contributed by atoms with Crippen LogP contribution in [0.4, 0.5) is 18.9 Å². The van der Waals surface area contributed by atoms with E-state index < -0.39 is 33.6 Å². The van der Waals surface area contributed by atoms with Gasteiger partial charge in [-0.25, -0.2) is 8.42 Å². The Hall–Kier alpha value is -3.75. The third kappa shape index (κ3) is 6.24. The molecule has 0 saturated carbocycles. The lowest BCUT2D eigenvalue weighted by Gasteiger charge is -2.34. The molecule has 2 aromatic rings. The largest absolute Gasteiger partial charge is 0.573 e. The summed E-state index contributed by atoms with van der Waals surface area (Å²) in [6, 6.07) is 8.42. The van der Waals surface area contributed by atoms with Crippen LogP contribution in [0, 0.1) is 19.8 Å². The molecule has 14 heteroatoms. The number of amidine groups is 1. The molecule has 3 aliphatic heterocycles. The molecular formula is C30H33F3N4O6S. The highest BCUT2D eigenvalue weighted by Gasteiger charge is 2.47. The minimum Gasteiger partial charge on any atom is -0.406 e. The minimum absolute atomic E-state index is 0.0167. The number of nitrogens with one attached hydrogen (secondary N) is 1. The standard InChI is InChI=1S/C30H33F3N4O6S/c1-18-13-22(37-23(17-38)15-20(3)27(37)39)14-19(2)25(18)7-12-44(41,42)36-10-8-29(9-11-36)28(40)34-26(35-29)21-5-4-6-24(16-21)43-30(31,32)33/h4-7,12-14,16,20,23,38H,8-11,15,17H2,1-3H3,(H,34,35,40)/b12-7+/t20?,23-/m1/s1. The number of carbonyl (C=O) groups is 2. The van der Waals surface area contributed by atoms with E-state index in [9.17, 15) is 36.3 Å². The number of benzene rings is 2. The van der Waals surface area contributed by atoms with E-state index in [1.165, 1.54) is 22.5 Å². The summed E-state index contributed by atoms with van der Waals surface area (Å²) in [6.45, 7) is 5.36. The fourth-order valence-electron chi connectivity index (χ4n) is 6.06. The van der Waals surface area contributed by atoms with Crippen LogP contribution in [0.3, 0.4) is 0 Å². The number of carbonyl (C=O) groups excluding carboxylic acids is 2. The second kappa shape index (κ2) is 11.6. The molecule has 3 heterocycles. The highest BCUT2D eigenvalue weighted by atomic mass is 32.2. The van der Waals surface area contributed by atoms with Crippen molar-refractivity contribution >= 4 is 39.4 Å². The number of aliphatic imine (C=N–C) groups is 1. The van der Waals surface area contributed by atoms with E-state index in [-0.39, 0.29) is 61.8 Å². The van der Waals surface area contributed by atoms with Gasteiger partial charge >= 0.3 is 6.36 Å². The van der Waals surface area contributed by atoms with Crippen molar-refractivity contribution < 1.29 is 41.0 Å². The van der Waals surface area contributed by atoms with Gasteiger partial charge in [-0.3, -0.25) is 14.6 Å². The molecular weight excluding hydrogens is 601 g/mol. The van der Waals surface area contributed by atoms with Gasteiger partial charge in [-0.2, -0.15) is 4.31 Å². The molecule has 2 amide bonds. The first-order valence-corrected chi connectivity index (χ1v) is 15.6. The molecule has 2 fully saturated rings. The topological polar surface area (TPSA) is 129 Å². The van der Waals surface area contributed by atoms with Crippen LogP contribution in [-0.2, 0) is 19.6 Å². The number of aliphatic hydroxyl groups excluding tert-OH is 1. The number of aryl methyl sites for hydroxylation is 2. The third-order valence-corrected chi connectivity index (χ3v) is 9.92. The first-order chi connectivity index (χ1) is 20.6. The number of nitrogens with zero attached hydrogens (tertiary/aromatic N) is 3. The second-order valence-electron chi connectivity index (χ2n) is 11.4. The second-order valence-corrected chi connectivity index (χ2v) is 13.3. The van der Waals surface area contributed by atoms with Crippen LogP contribution in [0.1, 0.15) is 48.4 Å². The number of halogens is 3. The van der Waals surface area contributed by atoms with E-state index in [0.717, 1.165) is 28.7 Å². The third-order valence-electron chi connectivity index (χ3n) is 8.35. The van der Waals surface area contributed by atoms with Gasteiger partial charge in [0.1, 0.15) is 17.1 Å². The number of hydrogen-bond acceptors (Lipinski definition) is 7. The van der Waals surface area contributed by atoms with Crippen LogP contribution < -0.4 is 15.0 Å². The summed E-state index contributed by atoms with van der Waals surface area (Å²) in [4.78, 5) is 31.8. The van der Waals surface area contributed by atoms with E-state index in [1.807, 2.05) is 32.9 Å². The van der Waals surface area contributed by atoms with Crippen molar-refractivity contribution in [3.63, 3.8) is 0 Å². The summed E-state index contributed by atoms with van der Waals surface area (Å²) < 4.78 is 69.7. The van der Waals surface area contributed by atoms with Crippen molar-refractivity contribution in [2.45, 2.75) is 58.0 Å². The van der Waals surface area contributed by atoms with Crippen molar-refractivity contribution in [3.8, 4) is 5.75 Å². The number of amides is 2. The van der Waals surface area contributed by atoms with E-state index in [2.05, 4.69) is 15.0 Å². The summed E-state index contributed by atoms with van der Waals surface area (Å²) in [6.07, 6.45) is -2.61. The van der Waals surface area contributed by atoms with Gasteiger partial charge in [-0.05, 0) is 80.1 Å². The van der Waals surface area contributed by atoms with Crippen molar-refractivity contribution in [2.24, 2.45) is 10.9 Å². The Morgan fingerprint density at radius 1 is 1.14 bits per heavy atom. The van der Waals surface area contributed by atoms with Crippen LogP contribution in [0.2, 0.25) is 0 Å². The molecule has 2 aromatic carbocycles. The summed E-state index contributed by atoms with van der Waals surface area (Å²) in [5.41, 5.74) is 1.88. The van der Waals surface area contributed by atoms with E-state index >= 15 is 0 Å². The fourth-order valence-corrected chi connectivity index (χ4v) is 7.23. The molecule has 3 aliphatic rings. The average molecular weight is 635 g/mol. The molecule has 10 nitrogen and oxygen atoms in total. The highest BCUT2D eigenvalue weighted by Crippen LogP contribution is 2.35. The van der Waals surface area contributed by atoms with Gasteiger partial charge in [0.2, 0.25) is 15.9 Å². The molecule has 1 spiro atoms. The number of piperidine rings is 1. The van der Waals surface area contributed by atoms with Crippen molar-refractivity contribution in [1.29, 1.82) is 0 Å². The summed E-state index contributed by atoms with van der Waals surface area (Å²) in [5.74, 6) is -1.05. The van der Waals surface area contributed by atoms with E-state index in [1.54, 1.807) is 4.90 Å². The molecule has 0 bridgehead atoms. The smallest absolute Gasteiger partial charge is 0.406 e. The molecule has 1 unspecified atom stereocenters. The van der Waals surface area contributed by atoms with E-state index in [4.69, 9.17) is 0 Å². The Morgan fingerprint density at radius 3 is 2.41 bits per heavy atom. The normalized spacial score (nSPS) is 22.6. The lowest BCUT2D eigenvalue weighted by atomic mass is 9.89. The molecule has 2 saturated heterocycles. The average Bonchev–Trinajstić information content (AvgIpc) is 3.42. The lowest BCUT2D eigenvalue weighted by Crippen LogP contribution is -2.50. The zero-order valence-electron chi connectivity index (χ0n) is 24.4. The maximum absolute atomic E-state index is 13.3. The van der Waals surface area contributed by atoms with Gasteiger partial charge in [0.05, 0.1) is 12.6 Å². The molecule has 0 aliphatic carbocycles. The molecule has 0 aromatic heterocycles. The van der Waals surface area contributed by atoms with Gasteiger partial charge in [-0.1, -0.05) is 19.1 Å². The minimum atomic E-state index is -4.87. The SMILES string of the molecule is Cc1cc(N2C(=O)C(C)C[C@@H]2CO)cc(C)c1/C=C/S(=O)(=O)N1CCC2(CC1)N=C(c1cccc(OC(F)(F)F)c1)NC2=O. The number of anilines is 1. The van der Waals surface area contributed by atoms with Gasteiger partial charge in [-0.15, -0.1) is 13.2 Å². The first-order valence-electron chi connectivity index (χ1n) is 14.1. The van der Waals surface area contributed by atoms with Crippen molar-refractivity contribution in [3.05, 3.63) is 64.1 Å². The molecule has 5 rings (SSSR count). The van der Waals surface area contributed by atoms with E-state index in [0.29, 0.717) is 17.7 Å². The summed E-state index contributed by atoms with van der Waals surface area (Å²) >= 11 is 0. The van der Waals surface area contributed by atoms with Gasteiger partial charge in [0, 0.05) is 35.7 Å². The number of alkyl halides is 3. The quantitative estimate of drug-likeness (QED) is 0.479. The van der Waals surface area contributed by atoms with Gasteiger partial charge < -0.3 is 20.1 Å². The van der Waals surface area contributed by atoms with Gasteiger partial charge in [0.15, 0.2) is 0 Å². The molecule has 2 atom stereocenters. The Morgan fingerprint density at radius 2 is 1.80 bits per heavy atom. The van der Waals surface area contributed by atoms with Crippen LogP contribution in [0.15, 0.2) is 46.8 Å². The lowest BCUT2D eigenvalue weighted by molar-refractivity contribution is -0.274. The maximum atomic E-state index is 13.3. The predicted molar refractivity (Wildman–Crippen MR) is 157 cm³/mol. The van der Waals surface area contributed by atoms with Crippen LogP contribution in [-0.4, -0.2) is 73.1 Å². The number of aliphatic hydroxyl groups is 1. The maximum Gasteiger partial charge on any atom is 0.573 e. The monoisotopic (exact) mass is 634 g/mol. The zero-order chi connectivity index (χ0) is 32.0. The van der Waals surface area contributed by atoms with Crippen LogP contribution in [0.25, 0.3) is 6.08 Å². The van der Waals surface area contributed by atoms with Crippen molar-refractivity contribution in [2.75, 3.05) is 24.6 Å². The summed E-state index contributed by atoms with van der Waals surface area (Å²) in [5, 5.41) is 13.5. The molecule has 236 valence electrons. The fraction of sp³-hybridized carbons (Fsp3) is 0.433.